The van der Waals surface area contributed by atoms with Gasteiger partial charge in [-0.1, -0.05) is 19.1 Å². The van der Waals surface area contributed by atoms with E-state index in [0.29, 0.717) is 6.42 Å². The third-order valence-electron chi connectivity index (χ3n) is 0.915. The van der Waals surface area contributed by atoms with Crippen LogP contribution in [0.5, 0.6) is 0 Å². The van der Waals surface area contributed by atoms with Crippen LogP contribution < -0.4 is 0 Å². The summed E-state index contributed by atoms with van der Waals surface area (Å²) in [7, 11) is 1.39. The van der Waals surface area contributed by atoms with E-state index in [0.717, 1.165) is 6.42 Å². The molecule has 0 atom stereocenters. The van der Waals surface area contributed by atoms with Crippen LogP contribution in [0.2, 0.25) is 0 Å². The molecule has 0 heterocycles. The molecule has 0 radical (unpaired) electrons. The fraction of sp³-hybridized carbons (Fsp3) is 0.500. The lowest BCUT2D eigenvalue weighted by atomic mass is 10.3. The lowest BCUT2D eigenvalue weighted by Gasteiger charge is -1.90. The van der Waals surface area contributed by atoms with Crippen molar-refractivity contribution >= 4 is 12.1 Å². The lowest BCUT2D eigenvalue weighted by Crippen LogP contribution is -1.96. The van der Waals surface area contributed by atoms with Gasteiger partial charge in [0.2, 0.25) is 0 Å². The Morgan fingerprint density at radius 1 is 1.42 bits per heavy atom. The number of carbonyl (C=O) groups is 1. The van der Waals surface area contributed by atoms with Crippen LogP contribution in [0.4, 0.5) is 0 Å². The molecule has 0 aromatic heterocycles. The standard InChI is InChI=1S/C7H12O2.CO2/c1-3-4-5-6-7(8)9-2;2-1-3/h4-5H,3,6H2,1-2H3;. The van der Waals surface area contributed by atoms with Gasteiger partial charge in [-0.05, 0) is 6.42 Å². The zero-order valence-electron chi connectivity index (χ0n) is 7.20. The average molecular weight is 172 g/mol. The van der Waals surface area contributed by atoms with Crippen LogP contribution in [0.3, 0.4) is 0 Å². The monoisotopic (exact) mass is 172 g/mol. The topological polar surface area (TPSA) is 60.4 Å². The van der Waals surface area contributed by atoms with Gasteiger partial charge in [-0.3, -0.25) is 4.79 Å². The smallest absolute Gasteiger partial charge is 0.373 e. The Labute approximate surface area is 71.2 Å². The number of ether oxygens (including phenoxy) is 1. The van der Waals surface area contributed by atoms with Crippen LogP contribution in [-0.4, -0.2) is 19.2 Å². The van der Waals surface area contributed by atoms with Gasteiger partial charge in [-0.2, -0.15) is 9.59 Å². The molecule has 0 aliphatic carbocycles. The Morgan fingerprint density at radius 2 is 1.92 bits per heavy atom. The van der Waals surface area contributed by atoms with E-state index < -0.39 is 0 Å². The molecule has 4 heteroatoms. The SMILES string of the molecule is CCC=CCC(=O)OC.O=C=O. The van der Waals surface area contributed by atoms with Gasteiger partial charge in [0.05, 0.1) is 13.5 Å². The normalized spacial score (nSPS) is 8.17. The van der Waals surface area contributed by atoms with Crippen molar-refractivity contribution in [1.29, 1.82) is 0 Å². The highest BCUT2D eigenvalue weighted by Crippen LogP contribution is 1.87. The molecule has 0 aromatic rings. The summed E-state index contributed by atoms with van der Waals surface area (Å²) in [5.74, 6) is -0.181. The summed E-state index contributed by atoms with van der Waals surface area (Å²) in [4.78, 5) is 26.7. The molecular formula is C8H12O4. The quantitative estimate of drug-likeness (QED) is 0.469. The summed E-state index contributed by atoms with van der Waals surface area (Å²) in [6.45, 7) is 2.02. The molecule has 68 valence electrons. The number of rotatable bonds is 3. The predicted octanol–water partition coefficient (Wildman–Crippen LogP) is 0.932. The molecule has 0 saturated heterocycles. The van der Waals surface area contributed by atoms with Crippen molar-refractivity contribution in [3.63, 3.8) is 0 Å². The molecular weight excluding hydrogens is 160 g/mol. The Bertz CT molecular complexity index is 166. The van der Waals surface area contributed by atoms with Gasteiger partial charge in [-0.15, -0.1) is 0 Å². The molecule has 0 spiro atoms. The van der Waals surface area contributed by atoms with E-state index >= 15 is 0 Å². The second-order valence-electron chi connectivity index (χ2n) is 1.74. The van der Waals surface area contributed by atoms with Crippen LogP contribution in [0.25, 0.3) is 0 Å². The molecule has 0 fully saturated rings. The largest absolute Gasteiger partial charge is 0.469 e. The maximum Gasteiger partial charge on any atom is 0.373 e. The maximum absolute atomic E-state index is 10.4. The van der Waals surface area contributed by atoms with E-state index in [9.17, 15) is 4.79 Å². The Morgan fingerprint density at radius 3 is 2.25 bits per heavy atom. The van der Waals surface area contributed by atoms with Crippen molar-refractivity contribution in [3.8, 4) is 0 Å². The molecule has 0 aliphatic rings. The first kappa shape index (κ1) is 13.2. The van der Waals surface area contributed by atoms with Gasteiger partial charge >= 0.3 is 12.1 Å². The van der Waals surface area contributed by atoms with Gasteiger partial charge in [0.25, 0.3) is 0 Å². The van der Waals surface area contributed by atoms with Gasteiger partial charge in [-0.25, -0.2) is 0 Å². The number of allylic oxidation sites excluding steroid dienone is 1. The molecule has 0 amide bonds. The third-order valence-corrected chi connectivity index (χ3v) is 0.915. The third kappa shape index (κ3) is 15.8. The second kappa shape index (κ2) is 12.3. The van der Waals surface area contributed by atoms with E-state index in [4.69, 9.17) is 9.59 Å². The fourth-order valence-electron chi connectivity index (χ4n) is 0.430. The van der Waals surface area contributed by atoms with Crippen molar-refractivity contribution < 1.29 is 19.1 Å². The van der Waals surface area contributed by atoms with Crippen LogP contribution >= 0.6 is 0 Å². The van der Waals surface area contributed by atoms with Gasteiger partial charge in [0.15, 0.2) is 0 Å². The molecule has 4 nitrogen and oxygen atoms in total. The summed E-state index contributed by atoms with van der Waals surface area (Å²) in [5.41, 5.74) is 0. The van der Waals surface area contributed by atoms with E-state index in [-0.39, 0.29) is 12.1 Å². The molecule has 0 aliphatic heterocycles. The predicted molar refractivity (Wildman–Crippen MR) is 41.1 cm³/mol. The van der Waals surface area contributed by atoms with Crippen molar-refractivity contribution in [3.05, 3.63) is 12.2 Å². The van der Waals surface area contributed by atoms with Gasteiger partial charge in [0, 0.05) is 0 Å². The Hall–Kier alpha value is -1.41. The summed E-state index contributed by atoms with van der Waals surface area (Å²) >= 11 is 0. The highest BCUT2D eigenvalue weighted by molar-refractivity contribution is 5.70. The zero-order chi connectivity index (χ0) is 9.82. The number of esters is 1. The van der Waals surface area contributed by atoms with Crippen LogP contribution in [-0.2, 0) is 19.1 Å². The summed E-state index contributed by atoms with van der Waals surface area (Å²) in [6, 6.07) is 0. The molecule has 0 bridgehead atoms. The first-order valence-corrected chi connectivity index (χ1v) is 3.44. The Kier molecular flexibility index (Phi) is 13.5. The molecule has 12 heavy (non-hydrogen) atoms. The molecule has 0 unspecified atom stereocenters. The molecule has 0 aromatic carbocycles. The summed E-state index contributed by atoms with van der Waals surface area (Å²) in [6.07, 6.45) is 5.37. The van der Waals surface area contributed by atoms with Crippen molar-refractivity contribution in [1.82, 2.24) is 0 Å². The van der Waals surface area contributed by atoms with E-state index in [1.54, 1.807) is 0 Å². The lowest BCUT2D eigenvalue weighted by molar-refractivity contribution is -0.191. The van der Waals surface area contributed by atoms with Crippen molar-refractivity contribution in [2.24, 2.45) is 0 Å². The molecule has 0 saturated carbocycles. The highest BCUT2D eigenvalue weighted by Gasteiger charge is 1.91. The number of hydrogen-bond donors (Lipinski definition) is 0. The minimum Gasteiger partial charge on any atom is -0.469 e. The minimum atomic E-state index is -0.181. The van der Waals surface area contributed by atoms with E-state index in [1.807, 2.05) is 19.1 Å². The zero-order valence-corrected chi connectivity index (χ0v) is 7.20. The molecule has 0 rings (SSSR count). The van der Waals surface area contributed by atoms with Crippen molar-refractivity contribution in [2.75, 3.05) is 7.11 Å². The highest BCUT2D eigenvalue weighted by atomic mass is 16.5. The van der Waals surface area contributed by atoms with Crippen LogP contribution in [0, 0.1) is 0 Å². The first-order valence-electron chi connectivity index (χ1n) is 3.44. The van der Waals surface area contributed by atoms with E-state index in [1.165, 1.54) is 7.11 Å². The number of methoxy groups -OCH3 is 1. The van der Waals surface area contributed by atoms with Crippen LogP contribution in [0.1, 0.15) is 19.8 Å². The van der Waals surface area contributed by atoms with Crippen LogP contribution in [0.15, 0.2) is 12.2 Å². The van der Waals surface area contributed by atoms with Gasteiger partial charge < -0.3 is 4.74 Å². The fourth-order valence-corrected chi connectivity index (χ4v) is 0.430. The molecule has 0 N–H and O–H groups in total. The van der Waals surface area contributed by atoms with Crippen molar-refractivity contribution in [2.45, 2.75) is 19.8 Å². The maximum atomic E-state index is 10.4. The average Bonchev–Trinajstić information content (AvgIpc) is 2.06. The Balaban J connectivity index is 0. The summed E-state index contributed by atoms with van der Waals surface area (Å²) in [5, 5.41) is 0. The first-order chi connectivity index (χ1) is 5.72. The van der Waals surface area contributed by atoms with Gasteiger partial charge in [0.1, 0.15) is 0 Å². The number of hydrogen-bond acceptors (Lipinski definition) is 4. The second-order valence-corrected chi connectivity index (χ2v) is 1.74. The van der Waals surface area contributed by atoms with E-state index in [2.05, 4.69) is 4.74 Å². The summed E-state index contributed by atoms with van der Waals surface area (Å²) < 4.78 is 4.41. The number of carbonyl (C=O) groups excluding carboxylic acids is 3. The minimum absolute atomic E-state index is 0.181.